The molecule has 0 radical (unpaired) electrons. The quantitative estimate of drug-likeness (QED) is 0.282. The van der Waals surface area contributed by atoms with Gasteiger partial charge in [-0.05, 0) is 0 Å². The summed E-state index contributed by atoms with van der Waals surface area (Å²) in [4.78, 5) is 30.3. The number of carbonyl (C=O) groups excluding carboxylic acids is 1. The SMILES string of the molecule is C=C(CC(=O)O)C(=O)OC(=O)O.OCCO. The van der Waals surface area contributed by atoms with Crippen LogP contribution in [0.5, 0.6) is 0 Å². The van der Waals surface area contributed by atoms with Crippen LogP contribution >= 0.6 is 0 Å². The molecule has 0 aliphatic heterocycles. The van der Waals surface area contributed by atoms with Gasteiger partial charge in [0, 0.05) is 5.57 Å². The molecule has 0 saturated heterocycles. The second kappa shape index (κ2) is 9.62. The number of carboxylic acid groups (broad SMARTS) is 2. The van der Waals surface area contributed by atoms with Gasteiger partial charge in [-0.15, -0.1) is 0 Å². The Labute approximate surface area is 90.4 Å². The number of aliphatic hydroxyl groups excluding tert-OH is 2. The highest BCUT2D eigenvalue weighted by molar-refractivity contribution is 5.97. The first-order valence-corrected chi connectivity index (χ1v) is 3.91. The number of carbonyl (C=O) groups is 3. The Kier molecular flexibility index (Phi) is 9.92. The minimum absolute atomic E-state index is 0.125. The molecule has 0 aromatic heterocycles. The summed E-state index contributed by atoms with van der Waals surface area (Å²) in [6.07, 6.45) is -2.42. The van der Waals surface area contributed by atoms with Gasteiger partial charge in [0.05, 0.1) is 19.6 Å². The fourth-order valence-corrected chi connectivity index (χ4v) is 0.406. The van der Waals surface area contributed by atoms with Crippen molar-refractivity contribution in [1.82, 2.24) is 0 Å². The van der Waals surface area contributed by atoms with Crippen molar-refractivity contribution in [2.75, 3.05) is 13.2 Å². The zero-order chi connectivity index (χ0) is 13.1. The predicted molar refractivity (Wildman–Crippen MR) is 49.7 cm³/mol. The molecule has 0 atom stereocenters. The maximum atomic E-state index is 10.5. The summed E-state index contributed by atoms with van der Waals surface area (Å²) in [5.74, 6) is -2.52. The molecular formula is C8H12O8. The highest BCUT2D eigenvalue weighted by Crippen LogP contribution is 2.00. The zero-order valence-corrected chi connectivity index (χ0v) is 8.25. The molecular weight excluding hydrogens is 224 g/mol. The van der Waals surface area contributed by atoms with Crippen LogP contribution in [0.1, 0.15) is 6.42 Å². The van der Waals surface area contributed by atoms with Crippen molar-refractivity contribution in [3.63, 3.8) is 0 Å². The first-order chi connectivity index (χ1) is 7.34. The van der Waals surface area contributed by atoms with Crippen LogP contribution in [0.2, 0.25) is 0 Å². The fraction of sp³-hybridized carbons (Fsp3) is 0.375. The molecule has 16 heavy (non-hydrogen) atoms. The van der Waals surface area contributed by atoms with Crippen LogP contribution in [0.15, 0.2) is 12.2 Å². The van der Waals surface area contributed by atoms with Crippen LogP contribution in [-0.4, -0.2) is 51.7 Å². The summed E-state index contributed by atoms with van der Waals surface area (Å²) < 4.78 is 3.63. The Morgan fingerprint density at radius 1 is 1.06 bits per heavy atom. The van der Waals surface area contributed by atoms with Gasteiger partial charge in [-0.1, -0.05) is 6.58 Å². The average Bonchev–Trinajstić information content (AvgIpc) is 2.16. The molecule has 0 fully saturated rings. The summed E-state index contributed by atoms with van der Waals surface area (Å²) in [7, 11) is 0. The normalized spacial score (nSPS) is 8.38. The number of hydrogen-bond acceptors (Lipinski definition) is 6. The van der Waals surface area contributed by atoms with E-state index in [-0.39, 0.29) is 13.2 Å². The topological polar surface area (TPSA) is 141 Å². The second-order valence-electron chi connectivity index (χ2n) is 2.28. The molecule has 0 bridgehead atoms. The van der Waals surface area contributed by atoms with Crippen molar-refractivity contribution >= 4 is 18.1 Å². The van der Waals surface area contributed by atoms with Crippen molar-refractivity contribution in [1.29, 1.82) is 0 Å². The highest BCUT2D eigenvalue weighted by Gasteiger charge is 2.15. The third-order valence-corrected chi connectivity index (χ3v) is 0.933. The zero-order valence-electron chi connectivity index (χ0n) is 8.25. The van der Waals surface area contributed by atoms with Crippen LogP contribution in [0.3, 0.4) is 0 Å². The van der Waals surface area contributed by atoms with Crippen molar-refractivity contribution in [2.45, 2.75) is 6.42 Å². The van der Waals surface area contributed by atoms with E-state index in [2.05, 4.69) is 11.3 Å². The van der Waals surface area contributed by atoms with Gasteiger partial charge in [-0.25, -0.2) is 9.59 Å². The smallest absolute Gasteiger partial charge is 0.481 e. The summed E-state index contributed by atoms with van der Waals surface area (Å²) in [6, 6.07) is 0. The monoisotopic (exact) mass is 236 g/mol. The van der Waals surface area contributed by atoms with Crippen molar-refractivity contribution in [3.8, 4) is 0 Å². The van der Waals surface area contributed by atoms with E-state index >= 15 is 0 Å². The molecule has 0 heterocycles. The molecule has 0 aromatic rings. The third kappa shape index (κ3) is 12.1. The maximum Gasteiger partial charge on any atom is 0.513 e. The van der Waals surface area contributed by atoms with Crippen LogP contribution in [0.4, 0.5) is 4.79 Å². The van der Waals surface area contributed by atoms with E-state index in [1.54, 1.807) is 0 Å². The van der Waals surface area contributed by atoms with Gasteiger partial charge in [0.15, 0.2) is 0 Å². The number of ether oxygens (including phenoxy) is 1. The van der Waals surface area contributed by atoms with E-state index in [1.807, 2.05) is 0 Å². The number of carboxylic acids is 1. The van der Waals surface area contributed by atoms with E-state index in [1.165, 1.54) is 0 Å². The molecule has 0 saturated carbocycles. The van der Waals surface area contributed by atoms with Gasteiger partial charge in [-0.2, -0.15) is 0 Å². The van der Waals surface area contributed by atoms with Crippen molar-refractivity contribution in [2.24, 2.45) is 0 Å². The van der Waals surface area contributed by atoms with Crippen LogP contribution in [0.25, 0.3) is 0 Å². The summed E-state index contributed by atoms with van der Waals surface area (Å²) in [5, 5.41) is 31.3. The Balaban J connectivity index is 0. The van der Waals surface area contributed by atoms with Crippen molar-refractivity contribution < 1.29 is 39.5 Å². The molecule has 0 aromatic carbocycles. The molecule has 0 aliphatic carbocycles. The maximum absolute atomic E-state index is 10.5. The summed E-state index contributed by atoms with van der Waals surface area (Å²) in [6.45, 7) is 2.78. The second-order valence-corrected chi connectivity index (χ2v) is 2.28. The molecule has 4 N–H and O–H groups in total. The van der Waals surface area contributed by atoms with Crippen LogP contribution in [0, 0.1) is 0 Å². The fourth-order valence-electron chi connectivity index (χ4n) is 0.406. The van der Waals surface area contributed by atoms with Crippen molar-refractivity contribution in [3.05, 3.63) is 12.2 Å². The summed E-state index contributed by atoms with van der Waals surface area (Å²) in [5.41, 5.74) is -0.412. The van der Waals surface area contributed by atoms with Gasteiger partial charge in [-0.3, -0.25) is 4.79 Å². The molecule has 0 unspecified atom stereocenters. The lowest BCUT2D eigenvalue weighted by Crippen LogP contribution is -2.13. The number of aliphatic carboxylic acids is 1. The van der Waals surface area contributed by atoms with E-state index in [4.69, 9.17) is 20.4 Å². The third-order valence-electron chi connectivity index (χ3n) is 0.933. The molecule has 92 valence electrons. The lowest BCUT2D eigenvalue weighted by molar-refractivity contribution is -0.140. The first-order valence-electron chi connectivity index (χ1n) is 3.91. The molecule has 0 rings (SSSR count). The van der Waals surface area contributed by atoms with Crippen LogP contribution in [-0.2, 0) is 14.3 Å². The van der Waals surface area contributed by atoms with Gasteiger partial charge in [0.25, 0.3) is 0 Å². The molecule has 0 aliphatic rings. The number of hydrogen-bond donors (Lipinski definition) is 4. The lowest BCUT2D eigenvalue weighted by atomic mass is 10.2. The number of esters is 1. The number of aliphatic hydroxyl groups is 2. The number of rotatable bonds is 4. The van der Waals surface area contributed by atoms with E-state index in [0.29, 0.717) is 0 Å². The molecule has 8 nitrogen and oxygen atoms in total. The Morgan fingerprint density at radius 2 is 1.50 bits per heavy atom. The molecule has 0 amide bonds. The lowest BCUT2D eigenvalue weighted by Gasteiger charge is -1.98. The van der Waals surface area contributed by atoms with E-state index in [0.717, 1.165) is 0 Å². The predicted octanol–water partition coefficient (Wildman–Crippen LogP) is -0.791. The van der Waals surface area contributed by atoms with Gasteiger partial charge >= 0.3 is 18.1 Å². The van der Waals surface area contributed by atoms with Crippen LogP contribution < -0.4 is 0 Å². The molecule has 0 spiro atoms. The Bertz CT molecular complexity index is 241. The van der Waals surface area contributed by atoms with E-state index in [9.17, 15) is 14.4 Å². The minimum Gasteiger partial charge on any atom is -0.481 e. The van der Waals surface area contributed by atoms with Gasteiger partial charge in [0.1, 0.15) is 0 Å². The molecule has 8 heteroatoms. The average molecular weight is 236 g/mol. The van der Waals surface area contributed by atoms with Gasteiger partial charge in [0.2, 0.25) is 0 Å². The minimum atomic E-state index is -1.79. The first kappa shape index (κ1) is 16.5. The largest absolute Gasteiger partial charge is 0.513 e. The summed E-state index contributed by atoms with van der Waals surface area (Å²) >= 11 is 0. The Hall–Kier alpha value is -1.93. The Morgan fingerprint density at radius 3 is 1.75 bits per heavy atom. The highest BCUT2D eigenvalue weighted by atomic mass is 16.7. The standard InChI is InChI=1S/C6H6O6.C2H6O2/c1-3(2-4(7)8)5(9)12-6(10)11;3-1-2-4/h1-2H2,(H,7,8)(H,10,11);3-4H,1-2H2. The van der Waals surface area contributed by atoms with Gasteiger partial charge < -0.3 is 25.2 Å². The van der Waals surface area contributed by atoms with E-state index < -0.39 is 30.1 Å².